The van der Waals surface area contributed by atoms with Crippen molar-refractivity contribution in [2.45, 2.75) is 19.8 Å². The van der Waals surface area contributed by atoms with Crippen LogP contribution in [0.4, 0.5) is 0 Å². The van der Waals surface area contributed by atoms with E-state index in [4.69, 9.17) is 4.74 Å². The van der Waals surface area contributed by atoms with Gasteiger partial charge in [0.2, 0.25) is 0 Å². The number of ether oxygens (including phenoxy) is 1. The Bertz CT molecular complexity index is 393. The van der Waals surface area contributed by atoms with Crippen molar-refractivity contribution in [1.29, 1.82) is 0 Å². The first-order chi connectivity index (χ1) is 7.81. The van der Waals surface area contributed by atoms with Crippen LogP contribution in [0.3, 0.4) is 0 Å². The summed E-state index contributed by atoms with van der Waals surface area (Å²) < 4.78 is 5.12. The van der Waals surface area contributed by atoms with E-state index in [1.54, 1.807) is 0 Å². The lowest BCUT2D eigenvalue weighted by Crippen LogP contribution is -2.08. The Morgan fingerprint density at radius 3 is 2.31 bits per heavy atom. The zero-order valence-electron chi connectivity index (χ0n) is 9.48. The number of esters is 1. The van der Waals surface area contributed by atoms with Crippen LogP contribution in [0.2, 0.25) is 0 Å². The highest BCUT2D eigenvalue weighted by molar-refractivity contribution is 5.77. The molecule has 0 aromatic heterocycles. The van der Waals surface area contributed by atoms with E-state index in [9.17, 15) is 4.79 Å². The molecule has 2 atom stereocenters. The summed E-state index contributed by atoms with van der Waals surface area (Å²) >= 11 is 0. The number of benzene rings is 1. The van der Waals surface area contributed by atoms with E-state index in [2.05, 4.69) is 24.3 Å². The SMILES string of the molecule is CCOC(=O)C1C2Cc3ccccc3CC21. The van der Waals surface area contributed by atoms with Crippen LogP contribution in [0.5, 0.6) is 0 Å². The monoisotopic (exact) mass is 216 g/mol. The summed E-state index contributed by atoms with van der Waals surface area (Å²) in [6.07, 6.45) is 2.12. The molecule has 0 spiro atoms. The summed E-state index contributed by atoms with van der Waals surface area (Å²) in [5, 5.41) is 0. The van der Waals surface area contributed by atoms with Crippen molar-refractivity contribution in [1.82, 2.24) is 0 Å². The summed E-state index contributed by atoms with van der Waals surface area (Å²) in [5.41, 5.74) is 2.85. The minimum Gasteiger partial charge on any atom is -0.466 e. The predicted molar refractivity (Wildman–Crippen MR) is 61.0 cm³/mol. The first-order valence-corrected chi connectivity index (χ1v) is 6.04. The van der Waals surface area contributed by atoms with Crippen molar-refractivity contribution in [2.24, 2.45) is 17.8 Å². The number of hydrogen-bond donors (Lipinski definition) is 0. The molecule has 2 aliphatic rings. The fourth-order valence-corrected chi connectivity index (χ4v) is 3.05. The Labute approximate surface area is 95.6 Å². The van der Waals surface area contributed by atoms with Crippen LogP contribution in [0.25, 0.3) is 0 Å². The Hall–Kier alpha value is -1.31. The van der Waals surface area contributed by atoms with Gasteiger partial charge in [0, 0.05) is 0 Å². The van der Waals surface area contributed by atoms with Gasteiger partial charge in [-0.25, -0.2) is 0 Å². The lowest BCUT2D eigenvalue weighted by molar-refractivity contribution is -0.145. The van der Waals surface area contributed by atoms with Crippen LogP contribution in [0.1, 0.15) is 18.1 Å². The topological polar surface area (TPSA) is 26.3 Å². The molecule has 0 amide bonds. The molecule has 1 aromatic rings. The number of rotatable bonds is 2. The van der Waals surface area contributed by atoms with Gasteiger partial charge in [0.25, 0.3) is 0 Å². The smallest absolute Gasteiger partial charge is 0.309 e. The first-order valence-electron chi connectivity index (χ1n) is 6.04. The second-order valence-corrected chi connectivity index (χ2v) is 4.78. The van der Waals surface area contributed by atoms with Gasteiger partial charge < -0.3 is 4.74 Å². The summed E-state index contributed by atoms with van der Waals surface area (Å²) in [5.74, 6) is 1.29. The van der Waals surface area contributed by atoms with E-state index in [0.29, 0.717) is 18.4 Å². The molecule has 0 heterocycles. The summed E-state index contributed by atoms with van der Waals surface area (Å²) in [6, 6.07) is 8.54. The molecule has 3 rings (SSSR count). The molecule has 1 fully saturated rings. The Balaban J connectivity index is 1.75. The van der Waals surface area contributed by atoms with Crippen molar-refractivity contribution in [3.8, 4) is 0 Å². The molecule has 0 N–H and O–H groups in total. The molecule has 0 bridgehead atoms. The average Bonchev–Trinajstić information content (AvgIpc) is 2.99. The Kier molecular flexibility index (Phi) is 2.23. The van der Waals surface area contributed by atoms with Crippen molar-refractivity contribution in [3.05, 3.63) is 35.4 Å². The van der Waals surface area contributed by atoms with E-state index >= 15 is 0 Å². The zero-order valence-corrected chi connectivity index (χ0v) is 9.48. The van der Waals surface area contributed by atoms with E-state index in [1.165, 1.54) is 11.1 Å². The average molecular weight is 216 g/mol. The van der Waals surface area contributed by atoms with Gasteiger partial charge in [0.1, 0.15) is 0 Å². The number of hydrogen-bond acceptors (Lipinski definition) is 2. The Morgan fingerprint density at radius 2 is 1.81 bits per heavy atom. The highest BCUT2D eigenvalue weighted by Crippen LogP contribution is 2.54. The van der Waals surface area contributed by atoms with Crippen molar-refractivity contribution in [3.63, 3.8) is 0 Å². The molecule has 2 unspecified atom stereocenters. The Morgan fingerprint density at radius 1 is 1.25 bits per heavy atom. The first kappa shape index (κ1) is 9.88. The van der Waals surface area contributed by atoms with Crippen LogP contribution in [0, 0.1) is 17.8 Å². The van der Waals surface area contributed by atoms with Gasteiger partial charge in [-0.05, 0) is 42.7 Å². The van der Waals surface area contributed by atoms with E-state index < -0.39 is 0 Å². The third kappa shape index (κ3) is 1.44. The molecule has 2 nitrogen and oxygen atoms in total. The summed E-state index contributed by atoms with van der Waals surface area (Å²) in [4.78, 5) is 11.7. The molecule has 0 saturated heterocycles. The molecule has 0 radical (unpaired) electrons. The minimum absolute atomic E-state index is 0.0188. The van der Waals surface area contributed by atoms with Gasteiger partial charge >= 0.3 is 5.97 Å². The van der Waals surface area contributed by atoms with Gasteiger partial charge in [-0.15, -0.1) is 0 Å². The summed E-state index contributed by atoms with van der Waals surface area (Å²) in [7, 11) is 0. The fourth-order valence-electron chi connectivity index (χ4n) is 3.05. The molecule has 2 aliphatic carbocycles. The minimum atomic E-state index is 0.0188. The molecule has 1 aromatic carbocycles. The highest BCUT2D eigenvalue weighted by Gasteiger charge is 2.56. The van der Waals surface area contributed by atoms with E-state index in [-0.39, 0.29) is 11.9 Å². The van der Waals surface area contributed by atoms with Gasteiger partial charge in [-0.2, -0.15) is 0 Å². The van der Waals surface area contributed by atoms with Crippen molar-refractivity contribution < 1.29 is 9.53 Å². The second-order valence-electron chi connectivity index (χ2n) is 4.78. The standard InChI is InChI=1S/C14H16O2/c1-2-16-14(15)13-11-7-9-5-3-4-6-10(9)8-12(11)13/h3-6,11-13H,2,7-8H2,1H3. The number of carbonyl (C=O) groups is 1. The van der Waals surface area contributed by atoms with Crippen LogP contribution in [-0.2, 0) is 22.4 Å². The molecule has 84 valence electrons. The van der Waals surface area contributed by atoms with Crippen LogP contribution in [-0.4, -0.2) is 12.6 Å². The molecular weight excluding hydrogens is 200 g/mol. The quantitative estimate of drug-likeness (QED) is 0.708. The van der Waals surface area contributed by atoms with E-state index in [0.717, 1.165) is 12.8 Å². The normalized spacial score (nSPS) is 30.2. The maximum Gasteiger partial charge on any atom is 0.309 e. The van der Waals surface area contributed by atoms with Gasteiger partial charge in [0.15, 0.2) is 0 Å². The van der Waals surface area contributed by atoms with Gasteiger partial charge in [-0.3, -0.25) is 4.79 Å². The number of carbonyl (C=O) groups excluding carboxylic acids is 1. The van der Waals surface area contributed by atoms with Crippen LogP contribution in [0.15, 0.2) is 24.3 Å². The van der Waals surface area contributed by atoms with E-state index in [1.807, 2.05) is 6.92 Å². The highest BCUT2D eigenvalue weighted by atomic mass is 16.5. The molecule has 2 heteroatoms. The maximum absolute atomic E-state index is 11.7. The van der Waals surface area contributed by atoms with Gasteiger partial charge in [0.05, 0.1) is 12.5 Å². The van der Waals surface area contributed by atoms with Crippen LogP contribution >= 0.6 is 0 Å². The van der Waals surface area contributed by atoms with Gasteiger partial charge in [-0.1, -0.05) is 24.3 Å². The molecule has 1 saturated carbocycles. The third-order valence-electron chi connectivity index (χ3n) is 3.92. The molecule has 16 heavy (non-hydrogen) atoms. The molecular formula is C14H16O2. The lowest BCUT2D eigenvalue weighted by atomic mass is 9.92. The second kappa shape index (κ2) is 3.62. The van der Waals surface area contributed by atoms with Crippen molar-refractivity contribution >= 4 is 5.97 Å². The van der Waals surface area contributed by atoms with Crippen LogP contribution < -0.4 is 0 Å². The number of fused-ring (bicyclic) bond motifs is 2. The predicted octanol–water partition coefficient (Wildman–Crippen LogP) is 2.21. The van der Waals surface area contributed by atoms with Crippen molar-refractivity contribution in [2.75, 3.05) is 6.61 Å². The largest absolute Gasteiger partial charge is 0.466 e. The third-order valence-corrected chi connectivity index (χ3v) is 3.92. The maximum atomic E-state index is 11.7. The fraction of sp³-hybridized carbons (Fsp3) is 0.500. The zero-order chi connectivity index (χ0) is 11.1. The molecule has 0 aliphatic heterocycles. The summed E-state index contributed by atoms with van der Waals surface area (Å²) in [6.45, 7) is 2.38. The lowest BCUT2D eigenvalue weighted by Gasteiger charge is -2.13.